The van der Waals surface area contributed by atoms with Gasteiger partial charge in [-0.15, -0.1) is 0 Å². The van der Waals surface area contributed by atoms with Crippen LogP contribution < -0.4 is 4.72 Å². The molecule has 0 atom stereocenters. The van der Waals surface area contributed by atoms with E-state index in [0.717, 1.165) is 16.7 Å². The molecular weight excluding hydrogens is 390 g/mol. The zero-order valence-corrected chi connectivity index (χ0v) is 16.7. The first-order valence-corrected chi connectivity index (χ1v) is 10.4. The highest BCUT2D eigenvalue weighted by Crippen LogP contribution is 2.22. The fourth-order valence-electron chi connectivity index (χ4n) is 2.94. The monoisotopic (exact) mass is 409 g/mol. The lowest BCUT2D eigenvalue weighted by Crippen LogP contribution is -2.23. The lowest BCUT2D eigenvalue weighted by molar-refractivity contribution is 0.521. The average Bonchev–Trinajstić information content (AvgIpc) is 3.35. The SMILES string of the molecule is Cc1nc(-c2ccc(S(=O)(=O)NCc3cccnc3-c3cnn(C)c3)cc2)co1. The Labute approximate surface area is 168 Å². The molecule has 0 spiro atoms. The second-order valence-corrected chi connectivity index (χ2v) is 8.28. The molecule has 0 saturated carbocycles. The van der Waals surface area contributed by atoms with Crippen LogP contribution in [-0.2, 0) is 23.6 Å². The van der Waals surface area contributed by atoms with Gasteiger partial charge in [0.1, 0.15) is 12.0 Å². The molecule has 4 rings (SSSR count). The van der Waals surface area contributed by atoms with E-state index in [-0.39, 0.29) is 11.4 Å². The van der Waals surface area contributed by atoms with Crippen molar-refractivity contribution in [3.8, 4) is 22.5 Å². The summed E-state index contributed by atoms with van der Waals surface area (Å²) in [5.74, 6) is 0.555. The summed E-state index contributed by atoms with van der Waals surface area (Å²) < 4.78 is 35.0. The molecule has 4 aromatic rings. The molecule has 0 bridgehead atoms. The Morgan fingerprint density at radius 3 is 2.59 bits per heavy atom. The minimum absolute atomic E-state index is 0.116. The van der Waals surface area contributed by atoms with Crippen molar-refractivity contribution in [1.82, 2.24) is 24.5 Å². The smallest absolute Gasteiger partial charge is 0.240 e. The molecule has 0 saturated heterocycles. The number of nitrogens with zero attached hydrogens (tertiary/aromatic N) is 4. The van der Waals surface area contributed by atoms with Crippen molar-refractivity contribution >= 4 is 10.0 Å². The number of benzene rings is 1. The lowest BCUT2D eigenvalue weighted by Gasteiger charge is -2.10. The molecule has 8 nitrogen and oxygen atoms in total. The van der Waals surface area contributed by atoms with Crippen molar-refractivity contribution in [3.05, 3.63) is 72.7 Å². The third-order valence-electron chi connectivity index (χ3n) is 4.40. The first-order valence-electron chi connectivity index (χ1n) is 8.87. The molecule has 0 unspecified atom stereocenters. The molecular formula is C20H19N5O3S. The molecule has 29 heavy (non-hydrogen) atoms. The van der Waals surface area contributed by atoms with Crippen LogP contribution in [-0.4, -0.2) is 28.2 Å². The molecule has 0 amide bonds. The number of hydrogen-bond donors (Lipinski definition) is 1. The third kappa shape index (κ3) is 4.10. The molecule has 0 fully saturated rings. The van der Waals surface area contributed by atoms with Crippen LogP contribution in [0, 0.1) is 6.92 Å². The van der Waals surface area contributed by atoms with E-state index in [9.17, 15) is 8.42 Å². The number of oxazole rings is 1. The zero-order chi connectivity index (χ0) is 20.4. The van der Waals surface area contributed by atoms with Crippen LogP contribution >= 0.6 is 0 Å². The number of nitrogens with one attached hydrogen (secondary N) is 1. The predicted octanol–water partition coefficient (Wildman–Crippen LogP) is 2.92. The van der Waals surface area contributed by atoms with Crippen LogP contribution in [0.15, 0.2) is 70.6 Å². The van der Waals surface area contributed by atoms with Crippen molar-refractivity contribution in [3.63, 3.8) is 0 Å². The van der Waals surface area contributed by atoms with Crippen molar-refractivity contribution in [2.75, 3.05) is 0 Å². The van der Waals surface area contributed by atoms with E-state index in [4.69, 9.17) is 4.42 Å². The van der Waals surface area contributed by atoms with Gasteiger partial charge in [0.15, 0.2) is 5.89 Å². The summed E-state index contributed by atoms with van der Waals surface area (Å²) in [5, 5.41) is 4.15. The first-order chi connectivity index (χ1) is 13.9. The summed E-state index contributed by atoms with van der Waals surface area (Å²) in [5.41, 5.74) is 3.73. The molecule has 148 valence electrons. The summed E-state index contributed by atoms with van der Waals surface area (Å²) in [6.45, 7) is 1.87. The minimum atomic E-state index is -3.69. The van der Waals surface area contributed by atoms with Crippen LogP contribution in [0.5, 0.6) is 0 Å². The van der Waals surface area contributed by atoms with Gasteiger partial charge in [-0.1, -0.05) is 18.2 Å². The quantitative estimate of drug-likeness (QED) is 0.525. The maximum Gasteiger partial charge on any atom is 0.240 e. The molecule has 0 aliphatic carbocycles. The average molecular weight is 409 g/mol. The highest BCUT2D eigenvalue weighted by molar-refractivity contribution is 7.89. The second-order valence-electron chi connectivity index (χ2n) is 6.51. The van der Waals surface area contributed by atoms with Crippen molar-refractivity contribution in [2.24, 2.45) is 7.05 Å². The number of pyridine rings is 1. The number of rotatable bonds is 6. The van der Waals surface area contributed by atoms with Crippen LogP contribution in [0.4, 0.5) is 0 Å². The highest BCUT2D eigenvalue weighted by Gasteiger charge is 2.16. The number of hydrogen-bond acceptors (Lipinski definition) is 6. The second kappa shape index (κ2) is 7.61. The van der Waals surface area contributed by atoms with E-state index in [0.29, 0.717) is 17.3 Å². The fourth-order valence-corrected chi connectivity index (χ4v) is 3.95. The highest BCUT2D eigenvalue weighted by atomic mass is 32.2. The molecule has 3 aromatic heterocycles. The van der Waals surface area contributed by atoms with Crippen molar-refractivity contribution in [1.29, 1.82) is 0 Å². The Balaban J connectivity index is 1.53. The summed E-state index contributed by atoms with van der Waals surface area (Å²) in [6, 6.07) is 10.1. The molecule has 0 aliphatic rings. The van der Waals surface area contributed by atoms with Crippen LogP contribution in [0.3, 0.4) is 0 Å². The molecule has 0 radical (unpaired) electrons. The summed E-state index contributed by atoms with van der Waals surface area (Å²) in [7, 11) is -1.87. The van der Waals surface area contributed by atoms with E-state index in [1.54, 1.807) is 60.6 Å². The summed E-state index contributed by atoms with van der Waals surface area (Å²) >= 11 is 0. The molecule has 1 N–H and O–H groups in total. The Morgan fingerprint density at radius 2 is 1.93 bits per heavy atom. The van der Waals surface area contributed by atoms with Crippen LogP contribution in [0.25, 0.3) is 22.5 Å². The maximum atomic E-state index is 12.7. The van der Waals surface area contributed by atoms with Gasteiger partial charge in [-0.25, -0.2) is 18.1 Å². The topological polar surface area (TPSA) is 103 Å². The predicted molar refractivity (Wildman–Crippen MR) is 107 cm³/mol. The number of sulfonamides is 1. The van der Waals surface area contributed by atoms with Gasteiger partial charge in [0.05, 0.1) is 16.8 Å². The van der Waals surface area contributed by atoms with Crippen molar-refractivity contribution < 1.29 is 12.8 Å². The normalized spacial score (nSPS) is 11.7. The summed E-state index contributed by atoms with van der Waals surface area (Å²) in [6.07, 6.45) is 6.75. The largest absolute Gasteiger partial charge is 0.449 e. The van der Waals surface area contributed by atoms with Gasteiger partial charge in [-0.2, -0.15) is 5.10 Å². The molecule has 9 heteroatoms. The van der Waals surface area contributed by atoms with Gasteiger partial charge >= 0.3 is 0 Å². The standard InChI is InChI=1S/C20H19N5O3S/c1-14-24-19(13-28-14)15-5-7-18(8-6-15)29(26,27)23-11-16-4-3-9-21-20(16)17-10-22-25(2)12-17/h3-10,12-13,23H,11H2,1-2H3. The van der Waals surface area contributed by atoms with Crippen LogP contribution in [0.2, 0.25) is 0 Å². The Hall–Kier alpha value is -3.30. The van der Waals surface area contributed by atoms with Gasteiger partial charge in [0, 0.05) is 44.0 Å². The Kier molecular flexibility index (Phi) is 4.99. The summed E-state index contributed by atoms with van der Waals surface area (Å²) in [4.78, 5) is 8.80. The van der Waals surface area contributed by atoms with Gasteiger partial charge in [0.25, 0.3) is 0 Å². The van der Waals surface area contributed by atoms with Crippen LogP contribution in [0.1, 0.15) is 11.5 Å². The van der Waals surface area contributed by atoms with E-state index < -0.39 is 10.0 Å². The third-order valence-corrected chi connectivity index (χ3v) is 5.82. The van der Waals surface area contributed by atoms with E-state index >= 15 is 0 Å². The Bertz CT molecular complexity index is 1240. The van der Waals surface area contributed by atoms with E-state index in [2.05, 4.69) is 19.8 Å². The molecule has 3 heterocycles. The molecule has 0 aliphatic heterocycles. The number of aromatic nitrogens is 4. The van der Waals surface area contributed by atoms with Gasteiger partial charge in [-0.05, 0) is 23.8 Å². The zero-order valence-electron chi connectivity index (χ0n) is 15.9. The minimum Gasteiger partial charge on any atom is -0.449 e. The van der Waals surface area contributed by atoms with E-state index in [1.807, 2.05) is 19.3 Å². The fraction of sp³-hybridized carbons (Fsp3) is 0.150. The maximum absolute atomic E-state index is 12.7. The van der Waals surface area contributed by atoms with Gasteiger partial charge in [0.2, 0.25) is 10.0 Å². The van der Waals surface area contributed by atoms with Gasteiger partial charge < -0.3 is 4.42 Å². The van der Waals surface area contributed by atoms with Gasteiger partial charge in [-0.3, -0.25) is 9.67 Å². The molecule has 1 aromatic carbocycles. The Morgan fingerprint density at radius 1 is 1.14 bits per heavy atom. The lowest BCUT2D eigenvalue weighted by atomic mass is 10.1. The first kappa shape index (κ1) is 19.0. The van der Waals surface area contributed by atoms with Crippen molar-refractivity contribution in [2.45, 2.75) is 18.4 Å². The van der Waals surface area contributed by atoms with E-state index in [1.165, 1.54) is 0 Å². The number of aryl methyl sites for hydroxylation is 2.